The Morgan fingerprint density at radius 3 is 2.82 bits per heavy atom. The van der Waals surface area contributed by atoms with Crippen LogP contribution in [-0.2, 0) is 7.05 Å². The van der Waals surface area contributed by atoms with E-state index in [9.17, 15) is 14.0 Å². The average molecular weight is 367 g/mol. The lowest BCUT2D eigenvalue weighted by Gasteiger charge is -1.98. The number of aromatic nitrogens is 4. The van der Waals surface area contributed by atoms with E-state index in [1.165, 1.54) is 29.9 Å². The third-order valence-electron chi connectivity index (χ3n) is 2.88. The molecule has 0 amide bonds. The Morgan fingerprint density at radius 1 is 1.32 bits per heavy atom. The van der Waals surface area contributed by atoms with E-state index in [0.29, 0.717) is 10.0 Å². The topological polar surface area (TPSA) is 93.8 Å². The van der Waals surface area contributed by atoms with Gasteiger partial charge in [-0.3, -0.25) is 9.78 Å². The van der Waals surface area contributed by atoms with Crippen LogP contribution < -0.4 is 11.2 Å². The normalized spacial score (nSPS) is 10.9. The first-order valence-electron chi connectivity index (χ1n) is 6.04. The Balaban J connectivity index is 2.10. The maximum atomic E-state index is 13.4. The Labute approximate surface area is 130 Å². The number of hydrogen-bond donors (Lipinski definition) is 1. The van der Waals surface area contributed by atoms with E-state index in [2.05, 4.69) is 31.1 Å². The molecule has 22 heavy (non-hydrogen) atoms. The molecular formula is C13H8BrFN4O3. The Morgan fingerprint density at radius 2 is 2.09 bits per heavy atom. The van der Waals surface area contributed by atoms with E-state index in [-0.39, 0.29) is 17.3 Å². The van der Waals surface area contributed by atoms with Crippen LogP contribution in [-0.4, -0.2) is 19.7 Å². The number of nitrogens with zero attached hydrogens (tertiary/aromatic N) is 3. The zero-order valence-electron chi connectivity index (χ0n) is 11.1. The second-order valence-corrected chi connectivity index (χ2v) is 5.41. The van der Waals surface area contributed by atoms with Gasteiger partial charge in [0.15, 0.2) is 0 Å². The van der Waals surface area contributed by atoms with Gasteiger partial charge in [-0.2, -0.15) is 4.98 Å². The summed E-state index contributed by atoms with van der Waals surface area (Å²) in [6.45, 7) is 0. The molecule has 0 unspecified atom stereocenters. The zero-order valence-corrected chi connectivity index (χ0v) is 12.7. The number of halogens is 2. The van der Waals surface area contributed by atoms with Crippen molar-refractivity contribution in [1.82, 2.24) is 19.7 Å². The van der Waals surface area contributed by atoms with Crippen molar-refractivity contribution in [3.05, 3.63) is 55.5 Å². The molecule has 0 bridgehead atoms. The fourth-order valence-corrected chi connectivity index (χ4v) is 2.32. The molecule has 2 heterocycles. The summed E-state index contributed by atoms with van der Waals surface area (Å²) in [6, 6.07) is 4.12. The summed E-state index contributed by atoms with van der Waals surface area (Å²) in [5.41, 5.74) is -0.734. The van der Waals surface area contributed by atoms with Crippen LogP contribution in [0, 0.1) is 5.82 Å². The van der Waals surface area contributed by atoms with Gasteiger partial charge >= 0.3 is 5.69 Å². The largest absolute Gasteiger partial charge is 0.334 e. The summed E-state index contributed by atoms with van der Waals surface area (Å²) in [7, 11) is 1.48. The maximum absolute atomic E-state index is 13.4. The smallest absolute Gasteiger partial charge is 0.328 e. The summed E-state index contributed by atoms with van der Waals surface area (Å²) in [4.78, 5) is 29.3. The van der Waals surface area contributed by atoms with Crippen LogP contribution in [0.3, 0.4) is 0 Å². The van der Waals surface area contributed by atoms with E-state index in [0.717, 1.165) is 0 Å². The van der Waals surface area contributed by atoms with Gasteiger partial charge in [0.25, 0.3) is 11.4 Å². The van der Waals surface area contributed by atoms with Crippen molar-refractivity contribution in [2.75, 3.05) is 0 Å². The Kier molecular flexibility index (Phi) is 3.49. The highest BCUT2D eigenvalue weighted by atomic mass is 79.9. The highest BCUT2D eigenvalue weighted by molar-refractivity contribution is 9.10. The van der Waals surface area contributed by atoms with Gasteiger partial charge in [0.2, 0.25) is 5.82 Å². The van der Waals surface area contributed by atoms with Crippen molar-refractivity contribution < 1.29 is 8.91 Å². The SMILES string of the molecule is Cn1cc(-c2noc(-c3cc(F)cc(Br)c3)n2)c(=O)[nH]c1=O. The van der Waals surface area contributed by atoms with Crippen molar-refractivity contribution in [1.29, 1.82) is 0 Å². The average Bonchev–Trinajstić information content (AvgIpc) is 2.91. The van der Waals surface area contributed by atoms with Crippen LogP contribution in [0.15, 0.2) is 43.0 Å². The third-order valence-corrected chi connectivity index (χ3v) is 3.34. The van der Waals surface area contributed by atoms with Crippen LogP contribution in [0.2, 0.25) is 0 Å². The van der Waals surface area contributed by atoms with Gasteiger partial charge in [-0.1, -0.05) is 21.1 Å². The third kappa shape index (κ3) is 2.62. The fourth-order valence-electron chi connectivity index (χ4n) is 1.85. The molecule has 3 rings (SSSR count). The highest BCUT2D eigenvalue weighted by Gasteiger charge is 2.15. The number of rotatable bonds is 2. The molecule has 2 aromatic heterocycles. The monoisotopic (exact) mass is 366 g/mol. The second kappa shape index (κ2) is 5.34. The van der Waals surface area contributed by atoms with Crippen LogP contribution >= 0.6 is 15.9 Å². The van der Waals surface area contributed by atoms with E-state index < -0.39 is 17.1 Å². The van der Waals surface area contributed by atoms with Gasteiger partial charge in [0, 0.05) is 23.3 Å². The first-order chi connectivity index (χ1) is 10.4. The molecule has 7 nitrogen and oxygen atoms in total. The van der Waals surface area contributed by atoms with Crippen molar-refractivity contribution in [3.63, 3.8) is 0 Å². The minimum absolute atomic E-state index is 0.00670. The summed E-state index contributed by atoms with van der Waals surface area (Å²) >= 11 is 3.17. The van der Waals surface area contributed by atoms with Crippen molar-refractivity contribution in [3.8, 4) is 22.8 Å². The molecule has 0 fully saturated rings. The van der Waals surface area contributed by atoms with Crippen molar-refractivity contribution >= 4 is 15.9 Å². The summed E-state index contributed by atoms with van der Waals surface area (Å²) in [5, 5.41) is 3.69. The molecule has 0 aliphatic rings. The van der Waals surface area contributed by atoms with E-state index in [1.807, 2.05) is 0 Å². The Hall–Kier alpha value is -2.55. The molecule has 0 saturated carbocycles. The molecule has 0 atom stereocenters. The van der Waals surface area contributed by atoms with E-state index >= 15 is 0 Å². The van der Waals surface area contributed by atoms with Crippen LogP contribution in [0.5, 0.6) is 0 Å². The Bertz CT molecular complexity index is 956. The minimum Gasteiger partial charge on any atom is -0.334 e. The lowest BCUT2D eigenvalue weighted by Crippen LogP contribution is -2.28. The molecule has 0 aliphatic carbocycles. The first-order valence-corrected chi connectivity index (χ1v) is 6.84. The molecular weight excluding hydrogens is 359 g/mol. The van der Waals surface area contributed by atoms with Crippen molar-refractivity contribution in [2.24, 2.45) is 7.05 Å². The first kappa shape index (κ1) is 14.4. The molecule has 9 heteroatoms. The van der Waals surface area contributed by atoms with Gasteiger partial charge in [-0.05, 0) is 18.2 Å². The zero-order chi connectivity index (χ0) is 15.9. The number of benzene rings is 1. The lowest BCUT2D eigenvalue weighted by atomic mass is 10.2. The van der Waals surface area contributed by atoms with E-state index in [4.69, 9.17) is 4.52 Å². The lowest BCUT2D eigenvalue weighted by molar-refractivity contribution is 0.432. The van der Waals surface area contributed by atoms with Gasteiger partial charge < -0.3 is 9.09 Å². The molecule has 112 valence electrons. The standard InChI is InChI=1S/C13H8BrFN4O3/c1-19-5-9(11(20)17-13(19)21)10-16-12(22-18-10)6-2-7(14)4-8(15)3-6/h2-5H,1H3,(H,17,20,21). The molecule has 1 aromatic carbocycles. The van der Waals surface area contributed by atoms with E-state index in [1.54, 1.807) is 6.07 Å². The predicted molar refractivity (Wildman–Crippen MR) is 78.7 cm³/mol. The summed E-state index contributed by atoms with van der Waals surface area (Å²) < 4.78 is 20.1. The molecule has 0 spiro atoms. The number of aryl methyl sites for hydroxylation is 1. The number of aromatic amines is 1. The molecule has 0 saturated heterocycles. The van der Waals surface area contributed by atoms with Crippen molar-refractivity contribution in [2.45, 2.75) is 0 Å². The van der Waals surface area contributed by atoms with Gasteiger partial charge in [-0.15, -0.1) is 0 Å². The fraction of sp³-hybridized carbons (Fsp3) is 0.0769. The molecule has 0 aliphatic heterocycles. The van der Waals surface area contributed by atoms with Crippen LogP contribution in [0.1, 0.15) is 0 Å². The molecule has 1 N–H and O–H groups in total. The maximum Gasteiger partial charge on any atom is 0.328 e. The predicted octanol–water partition coefficient (Wildman–Crippen LogP) is 1.69. The second-order valence-electron chi connectivity index (χ2n) is 4.49. The van der Waals surface area contributed by atoms with Crippen LogP contribution in [0.25, 0.3) is 22.8 Å². The summed E-state index contributed by atoms with van der Waals surface area (Å²) in [5.74, 6) is -0.403. The highest BCUT2D eigenvalue weighted by Crippen LogP contribution is 2.24. The number of nitrogens with one attached hydrogen (secondary N) is 1. The molecule has 0 radical (unpaired) electrons. The van der Waals surface area contributed by atoms with Gasteiger partial charge in [-0.25, -0.2) is 9.18 Å². The van der Waals surface area contributed by atoms with Crippen LogP contribution in [0.4, 0.5) is 4.39 Å². The quantitative estimate of drug-likeness (QED) is 0.744. The number of hydrogen-bond acceptors (Lipinski definition) is 5. The van der Waals surface area contributed by atoms with Gasteiger partial charge in [0.1, 0.15) is 11.4 Å². The minimum atomic E-state index is -0.629. The van der Waals surface area contributed by atoms with Gasteiger partial charge in [0.05, 0.1) is 0 Å². The molecule has 3 aromatic rings. The summed E-state index contributed by atoms with van der Waals surface area (Å²) in [6.07, 6.45) is 1.30. The number of H-pyrrole nitrogens is 1.